The number of amides is 1. The van der Waals surface area contributed by atoms with Crippen LogP contribution in [0.4, 0.5) is 0 Å². The highest BCUT2D eigenvalue weighted by atomic mass is 32.2. The molecule has 0 N–H and O–H groups in total. The van der Waals surface area contributed by atoms with E-state index in [1.807, 2.05) is 39.2 Å². The molecule has 0 saturated heterocycles. The first-order valence-electron chi connectivity index (χ1n) is 9.79. The molecule has 0 radical (unpaired) electrons. The number of thiazole rings is 1. The molecule has 2 aromatic carbocycles. The number of rotatable bonds is 6. The standard InChI is InChI=1S/C23H26N2O3S2/c1-6-28-22(27)13-25-19-8-7-17(29-5)11-20(19)30-23(25)24-21(26)12-18-15(3)9-14(2)10-16(18)4/h7-11H,6,12-13H2,1-5H3. The van der Waals surface area contributed by atoms with Gasteiger partial charge in [-0.05, 0) is 68.8 Å². The quantitative estimate of drug-likeness (QED) is 0.414. The van der Waals surface area contributed by atoms with Gasteiger partial charge in [0.1, 0.15) is 6.54 Å². The van der Waals surface area contributed by atoms with Gasteiger partial charge in [0.25, 0.3) is 5.91 Å². The fraction of sp³-hybridized carbons (Fsp3) is 0.348. The summed E-state index contributed by atoms with van der Waals surface area (Å²) < 4.78 is 7.88. The molecular formula is C23H26N2O3S2. The predicted molar refractivity (Wildman–Crippen MR) is 123 cm³/mol. The SMILES string of the molecule is CCOC(=O)Cn1c(=NC(=O)Cc2c(C)cc(C)cc2C)sc2cc(SC)ccc21. The van der Waals surface area contributed by atoms with Crippen LogP contribution in [0.2, 0.25) is 0 Å². The van der Waals surface area contributed by atoms with E-state index in [-0.39, 0.29) is 24.8 Å². The first kappa shape index (κ1) is 22.3. The molecular weight excluding hydrogens is 416 g/mol. The summed E-state index contributed by atoms with van der Waals surface area (Å²) in [4.78, 5) is 31.0. The second-order valence-corrected chi connectivity index (χ2v) is 9.06. The lowest BCUT2D eigenvalue weighted by molar-refractivity contribution is -0.143. The van der Waals surface area contributed by atoms with Crippen molar-refractivity contribution in [3.63, 3.8) is 0 Å². The maximum atomic E-state index is 12.8. The van der Waals surface area contributed by atoms with Crippen LogP contribution in [0.15, 0.2) is 40.2 Å². The lowest BCUT2D eigenvalue weighted by Gasteiger charge is -2.09. The van der Waals surface area contributed by atoms with Gasteiger partial charge in [0.15, 0.2) is 4.80 Å². The molecule has 1 aromatic heterocycles. The molecule has 0 fully saturated rings. The predicted octanol–water partition coefficient (Wildman–Crippen LogP) is 4.58. The summed E-state index contributed by atoms with van der Waals surface area (Å²) in [6.45, 7) is 8.21. The number of aromatic nitrogens is 1. The summed E-state index contributed by atoms with van der Waals surface area (Å²) in [6, 6.07) is 10.2. The molecule has 1 heterocycles. The second-order valence-electron chi connectivity index (χ2n) is 7.17. The number of aryl methyl sites for hydroxylation is 3. The minimum atomic E-state index is -0.342. The number of benzene rings is 2. The summed E-state index contributed by atoms with van der Waals surface area (Å²) in [5.41, 5.74) is 5.25. The zero-order valence-corrected chi connectivity index (χ0v) is 19.6. The van der Waals surface area contributed by atoms with Crippen molar-refractivity contribution in [1.82, 2.24) is 4.57 Å². The highest BCUT2D eigenvalue weighted by molar-refractivity contribution is 7.98. The smallest absolute Gasteiger partial charge is 0.326 e. The van der Waals surface area contributed by atoms with Gasteiger partial charge in [-0.25, -0.2) is 0 Å². The minimum absolute atomic E-state index is 0.0289. The van der Waals surface area contributed by atoms with Gasteiger partial charge in [0.2, 0.25) is 0 Å². The van der Waals surface area contributed by atoms with Crippen molar-refractivity contribution >= 4 is 45.2 Å². The molecule has 0 spiro atoms. The number of hydrogen-bond acceptors (Lipinski definition) is 5. The molecule has 0 bridgehead atoms. The van der Waals surface area contributed by atoms with Gasteiger partial charge >= 0.3 is 5.97 Å². The lowest BCUT2D eigenvalue weighted by Crippen LogP contribution is -2.23. The van der Waals surface area contributed by atoms with E-state index < -0.39 is 0 Å². The molecule has 158 valence electrons. The van der Waals surface area contributed by atoms with Crippen LogP contribution in [0.3, 0.4) is 0 Å². The first-order valence-corrected chi connectivity index (χ1v) is 11.8. The van der Waals surface area contributed by atoms with Crippen molar-refractivity contribution in [1.29, 1.82) is 0 Å². The Morgan fingerprint density at radius 2 is 1.83 bits per heavy atom. The molecule has 3 rings (SSSR count). The van der Waals surface area contributed by atoms with E-state index in [0.29, 0.717) is 11.4 Å². The average Bonchev–Trinajstić information content (AvgIpc) is 3.00. The highest BCUT2D eigenvalue weighted by Crippen LogP contribution is 2.24. The number of carbonyl (C=O) groups excluding carboxylic acids is 2. The van der Waals surface area contributed by atoms with Gasteiger partial charge in [0, 0.05) is 4.90 Å². The van der Waals surface area contributed by atoms with Gasteiger partial charge < -0.3 is 9.30 Å². The van der Waals surface area contributed by atoms with E-state index in [1.54, 1.807) is 23.3 Å². The first-order chi connectivity index (χ1) is 14.3. The molecule has 30 heavy (non-hydrogen) atoms. The van der Waals surface area contributed by atoms with E-state index in [2.05, 4.69) is 23.2 Å². The van der Waals surface area contributed by atoms with Crippen LogP contribution in [0, 0.1) is 20.8 Å². The maximum Gasteiger partial charge on any atom is 0.326 e. The molecule has 0 aliphatic heterocycles. The Labute approximate surface area is 184 Å². The highest BCUT2D eigenvalue weighted by Gasteiger charge is 2.14. The Kier molecular flexibility index (Phi) is 7.15. The Morgan fingerprint density at radius 3 is 2.47 bits per heavy atom. The van der Waals surface area contributed by atoms with E-state index in [0.717, 1.165) is 31.8 Å². The molecule has 1 amide bonds. The van der Waals surface area contributed by atoms with Crippen molar-refractivity contribution in [2.45, 2.75) is 45.6 Å². The van der Waals surface area contributed by atoms with Crippen molar-refractivity contribution in [3.05, 3.63) is 57.4 Å². The maximum absolute atomic E-state index is 12.8. The van der Waals surface area contributed by atoms with Crippen LogP contribution in [0.5, 0.6) is 0 Å². The molecule has 3 aromatic rings. The third-order valence-corrected chi connectivity index (χ3v) is 6.64. The molecule has 5 nitrogen and oxygen atoms in total. The third kappa shape index (κ3) is 5.02. The Hall–Kier alpha value is -2.38. The van der Waals surface area contributed by atoms with Gasteiger partial charge in [-0.2, -0.15) is 4.99 Å². The van der Waals surface area contributed by atoms with Crippen molar-refractivity contribution < 1.29 is 14.3 Å². The normalized spacial score (nSPS) is 11.8. The van der Waals surface area contributed by atoms with E-state index >= 15 is 0 Å². The number of carbonyl (C=O) groups is 2. The number of nitrogens with zero attached hydrogens (tertiary/aromatic N) is 2. The molecule has 0 unspecified atom stereocenters. The van der Waals surface area contributed by atoms with Crippen LogP contribution in [0.1, 0.15) is 29.2 Å². The minimum Gasteiger partial charge on any atom is -0.465 e. The number of fused-ring (bicyclic) bond motifs is 1. The number of esters is 1. The fourth-order valence-corrected chi connectivity index (χ4v) is 5.14. The van der Waals surface area contributed by atoms with Gasteiger partial charge in [-0.15, -0.1) is 11.8 Å². The molecule has 7 heteroatoms. The fourth-order valence-electron chi connectivity index (χ4n) is 3.54. The van der Waals surface area contributed by atoms with Crippen molar-refractivity contribution in [2.75, 3.05) is 12.9 Å². The van der Waals surface area contributed by atoms with E-state index in [4.69, 9.17) is 4.74 Å². The molecule has 0 aliphatic rings. The zero-order chi connectivity index (χ0) is 21.8. The van der Waals surface area contributed by atoms with Crippen molar-refractivity contribution in [3.8, 4) is 0 Å². The number of thioether (sulfide) groups is 1. The summed E-state index contributed by atoms with van der Waals surface area (Å²) >= 11 is 3.07. The summed E-state index contributed by atoms with van der Waals surface area (Å²) in [6.07, 6.45) is 2.25. The van der Waals surface area contributed by atoms with Crippen LogP contribution in [-0.2, 0) is 27.3 Å². The van der Waals surface area contributed by atoms with Gasteiger partial charge in [0.05, 0.1) is 23.2 Å². The summed E-state index contributed by atoms with van der Waals surface area (Å²) in [5, 5.41) is 0. The molecule has 0 saturated carbocycles. The van der Waals surface area contributed by atoms with Gasteiger partial charge in [-0.3, -0.25) is 9.59 Å². The largest absolute Gasteiger partial charge is 0.465 e. The Bertz CT molecular complexity index is 1150. The van der Waals surface area contributed by atoms with E-state index in [9.17, 15) is 9.59 Å². The lowest BCUT2D eigenvalue weighted by atomic mass is 9.97. The van der Waals surface area contributed by atoms with Crippen LogP contribution < -0.4 is 4.80 Å². The third-order valence-electron chi connectivity index (χ3n) is 4.87. The summed E-state index contributed by atoms with van der Waals surface area (Å²) in [5.74, 6) is -0.565. The number of ether oxygens (including phenoxy) is 1. The molecule has 0 atom stereocenters. The van der Waals surface area contributed by atoms with Crippen LogP contribution in [-0.4, -0.2) is 29.3 Å². The topological polar surface area (TPSA) is 60.7 Å². The van der Waals surface area contributed by atoms with E-state index in [1.165, 1.54) is 16.9 Å². The number of hydrogen-bond donors (Lipinski definition) is 0. The summed E-state index contributed by atoms with van der Waals surface area (Å²) in [7, 11) is 0. The van der Waals surface area contributed by atoms with Gasteiger partial charge in [-0.1, -0.05) is 29.0 Å². The zero-order valence-electron chi connectivity index (χ0n) is 17.9. The Balaban J connectivity index is 2.03. The Morgan fingerprint density at radius 1 is 1.13 bits per heavy atom. The second kappa shape index (κ2) is 9.62. The average molecular weight is 443 g/mol. The van der Waals surface area contributed by atoms with Crippen LogP contribution in [0.25, 0.3) is 10.2 Å². The monoisotopic (exact) mass is 442 g/mol. The molecule has 0 aliphatic carbocycles. The van der Waals surface area contributed by atoms with Crippen LogP contribution >= 0.6 is 23.1 Å². The van der Waals surface area contributed by atoms with Crippen molar-refractivity contribution in [2.24, 2.45) is 4.99 Å².